The second kappa shape index (κ2) is 7.18. The first-order valence-electron chi connectivity index (χ1n) is 7.04. The molecule has 1 fully saturated rings. The van der Waals surface area contributed by atoms with Crippen LogP contribution in [-0.2, 0) is 0 Å². The van der Waals surface area contributed by atoms with Crippen LogP contribution in [0.25, 0.3) is 11.3 Å². The second-order valence-electron chi connectivity index (χ2n) is 5.32. The SMILES string of the molecule is Cl.N[C@H]1CCCN(C(=O)c2ccc(-c3ccc(Cl)cc3)o2)C1. The van der Waals surface area contributed by atoms with Gasteiger partial charge in [-0.3, -0.25) is 4.79 Å². The van der Waals surface area contributed by atoms with Crippen LogP contribution in [0, 0.1) is 0 Å². The van der Waals surface area contributed by atoms with Crippen molar-refractivity contribution in [3.05, 3.63) is 47.2 Å². The average Bonchev–Trinajstić information content (AvgIpc) is 2.97. The average molecular weight is 341 g/mol. The number of hydrogen-bond acceptors (Lipinski definition) is 3. The van der Waals surface area contributed by atoms with Crippen molar-refractivity contribution in [2.75, 3.05) is 13.1 Å². The number of piperidine rings is 1. The van der Waals surface area contributed by atoms with Crippen LogP contribution in [-0.4, -0.2) is 29.9 Å². The van der Waals surface area contributed by atoms with Gasteiger partial charge in [0.05, 0.1) is 0 Å². The highest BCUT2D eigenvalue weighted by molar-refractivity contribution is 6.30. The Kier molecular flexibility index (Phi) is 5.51. The second-order valence-corrected chi connectivity index (χ2v) is 5.76. The molecule has 2 N–H and O–H groups in total. The monoisotopic (exact) mass is 340 g/mol. The van der Waals surface area contributed by atoms with Crippen LogP contribution in [0.1, 0.15) is 23.4 Å². The fourth-order valence-electron chi connectivity index (χ4n) is 2.57. The zero-order chi connectivity index (χ0) is 14.8. The number of nitrogens with two attached hydrogens (primary N) is 1. The van der Waals surface area contributed by atoms with Crippen molar-refractivity contribution in [2.24, 2.45) is 5.73 Å². The van der Waals surface area contributed by atoms with E-state index in [-0.39, 0.29) is 24.4 Å². The number of rotatable bonds is 2. The molecule has 2 aromatic rings. The van der Waals surface area contributed by atoms with Crippen LogP contribution in [0.3, 0.4) is 0 Å². The number of furan rings is 1. The minimum atomic E-state index is -0.0923. The fourth-order valence-corrected chi connectivity index (χ4v) is 2.70. The van der Waals surface area contributed by atoms with Gasteiger partial charge in [-0.2, -0.15) is 0 Å². The largest absolute Gasteiger partial charge is 0.451 e. The van der Waals surface area contributed by atoms with Gasteiger partial charge in [0.1, 0.15) is 5.76 Å². The summed E-state index contributed by atoms with van der Waals surface area (Å²) in [6, 6.07) is 10.9. The molecule has 1 aliphatic heterocycles. The Balaban J connectivity index is 0.00000176. The summed E-state index contributed by atoms with van der Waals surface area (Å²) < 4.78 is 5.68. The molecule has 0 radical (unpaired) electrons. The standard InChI is InChI=1S/C16H17ClN2O2.ClH/c17-12-5-3-11(4-6-12)14-7-8-15(21-14)16(20)19-9-1-2-13(18)10-19;/h3-8,13H,1-2,9-10,18H2;1H/t13-;/m0./s1. The van der Waals surface area contributed by atoms with E-state index in [0.717, 1.165) is 24.9 Å². The van der Waals surface area contributed by atoms with Crippen molar-refractivity contribution >= 4 is 29.9 Å². The van der Waals surface area contributed by atoms with E-state index in [4.69, 9.17) is 21.8 Å². The number of benzene rings is 1. The number of likely N-dealkylation sites (tertiary alicyclic amines) is 1. The Labute approximate surface area is 140 Å². The Morgan fingerprint density at radius 1 is 1.23 bits per heavy atom. The van der Waals surface area contributed by atoms with Crippen LogP contribution in [0.4, 0.5) is 0 Å². The number of carbonyl (C=O) groups is 1. The summed E-state index contributed by atoms with van der Waals surface area (Å²) in [6.07, 6.45) is 1.91. The van der Waals surface area contributed by atoms with Gasteiger partial charge in [-0.15, -0.1) is 12.4 Å². The first-order chi connectivity index (χ1) is 10.1. The molecule has 0 spiro atoms. The molecular formula is C16H18Cl2N2O2. The molecular weight excluding hydrogens is 323 g/mol. The third-order valence-corrected chi connectivity index (χ3v) is 3.94. The van der Waals surface area contributed by atoms with Crippen molar-refractivity contribution in [1.29, 1.82) is 0 Å². The Morgan fingerprint density at radius 2 is 1.95 bits per heavy atom. The van der Waals surface area contributed by atoms with Gasteiger partial charge >= 0.3 is 0 Å². The van der Waals surface area contributed by atoms with E-state index in [1.807, 2.05) is 12.1 Å². The topological polar surface area (TPSA) is 59.5 Å². The van der Waals surface area contributed by atoms with E-state index >= 15 is 0 Å². The number of hydrogen-bond donors (Lipinski definition) is 1. The van der Waals surface area contributed by atoms with Crippen LogP contribution in [0.15, 0.2) is 40.8 Å². The first kappa shape index (κ1) is 16.9. The van der Waals surface area contributed by atoms with Crippen molar-refractivity contribution in [3.8, 4) is 11.3 Å². The predicted molar refractivity (Wildman–Crippen MR) is 89.5 cm³/mol. The van der Waals surface area contributed by atoms with Crippen LogP contribution in [0.5, 0.6) is 0 Å². The first-order valence-corrected chi connectivity index (χ1v) is 7.42. The molecule has 0 unspecified atom stereocenters. The normalized spacial score (nSPS) is 17.9. The third-order valence-electron chi connectivity index (χ3n) is 3.69. The Bertz CT molecular complexity index is 640. The van der Waals surface area contributed by atoms with E-state index < -0.39 is 0 Å². The maximum absolute atomic E-state index is 12.4. The molecule has 1 saturated heterocycles. The summed E-state index contributed by atoms with van der Waals surface area (Å²) in [5.74, 6) is 0.927. The minimum Gasteiger partial charge on any atom is -0.451 e. The molecule has 1 aromatic heterocycles. The summed E-state index contributed by atoms with van der Waals surface area (Å²) in [5, 5.41) is 0.670. The highest BCUT2D eigenvalue weighted by atomic mass is 35.5. The van der Waals surface area contributed by atoms with Gasteiger partial charge in [-0.25, -0.2) is 0 Å². The van der Waals surface area contributed by atoms with Gasteiger partial charge in [0.2, 0.25) is 0 Å². The van der Waals surface area contributed by atoms with Gasteiger partial charge in [-0.1, -0.05) is 11.6 Å². The van der Waals surface area contributed by atoms with Crippen LogP contribution < -0.4 is 5.73 Å². The molecule has 2 heterocycles. The Hall–Kier alpha value is -1.49. The summed E-state index contributed by atoms with van der Waals surface area (Å²) in [6.45, 7) is 1.33. The van der Waals surface area contributed by atoms with E-state index in [2.05, 4.69) is 0 Å². The molecule has 0 bridgehead atoms. The van der Waals surface area contributed by atoms with Gasteiger partial charge in [0.15, 0.2) is 5.76 Å². The highest BCUT2D eigenvalue weighted by Gasteiger charge is 2.24. The molecule has 3 rings (SSSR count). The smallest absolute Gasteiger partial charge is 0.289 e. The molecule has 1 aliphatic rings. The molecule has 6 heteroatoms. The summed E-state index contributed by atoms with van der Waals surface area (Å²) in [4.78, 5) is 14.2. The molecule has 22 heavy (non-hydrogen) atoms. The van der Waals surface area contributed by atoms with E-state index in [0.29, 0.717) is 23.1 Å². The molecule has 118 valence electrons. The number of halogens is 2. The molecule has 1 aromatic carbocycles. The van der Waals surface area contributed by atoms with E-state index in [1.54, 1.807) is 29.2 Å². The van der Waals surface area contributed by atoms with Crippen molar-refractivity contribution in [1.82, 2.24) is 4.90 Å². The lowest BCUT2D eigenvalue weighted by molar-refractivity contribution is 0.0677. The molecule has 1 atom stereocenters. The number of amides is 1. The number of nitrogens with zero attached hydrogens (tertiary/aromatic N) is 1. The zero-order valence-electron chi connectivity index (χ0n) is 12.0. The molecule has 4 nitrogen and oxygen atoms in total. The Morgan fingerprint density at radius 3 is 2.64 bits per heavy atom. The molecule has 0 saturated carbocycles. The summed E-state index contributed by atoms with van der Waals surface area (Å²) in [5.41, 5.74) is 6.81. The lowest BCUT2D eigenvalue weighted by Crippen LogP contribution is -2.45. The van der Waals surface area contributed by atoms with Gasteiger partial charge in [0.25, 0.3) is 5.91 Å². The van der Waals surface area contributed by atoms with Crippen LogP contribution in [0.2, 0.25) is 5.02 Å². The summed E-state index contributed by atoms with van der Waals surface area (Å²) in [7, 11) is 0. The van der Waals surface area contributed by atoms with Gasteiger partial charge in [0, 0.05) is 29.7 Å². The van der Waals surface area contributed by atoms with Gasteiger partial charge in [-0.05, 0) is 49.2 Å². The van der Waals surface area contributed by atoms with E-state index in [1.165, 1.54) is 0 Å². The zero-order valence-corrected chi connectivity index (χ0v) is 13.6. The highest BCUT2D eigenvalue weighted by Crippen LogP contribution is 2.25. The maximum atomic E-state index is 12.4. The minimum absolute atomic E-state index is 0. The van der Waals surface area contributed by atoms with Crippen molar-refractivity contribution in [3.63, 3.8) is 0 Å². The van der Waals surface area contributed by atoms with Gasteiger partial charge < -0.3 is 15.1 Å². The quantitative estimate of drug-likeness (QED) is 0.908. The lowest BCUT2D eigenvalue weighted by atomic mass is 10.1. The van der Waals surface area contributed by atoms with E-state index in [9.17, 15) is 4.79 Å². The van der Waals surface area contributed by atoms with Crippen LogP contribution >= 0.6 is 24.0 Å². The molecule has 1 amide bonds. The molecule has 0 aliphatic carbocycles. The summed E-state index contributed by atoms with van der Waals surface area (Å²) >= 11 is 5.87. The predicted octanol–water partition coefficient (Wildman–Crippen LogP) is 3.59. The van der Waals surface area contributed by atoms with Crippen molar-refractivity contribution in [2.45, 2.75) is 18.9 Å². The maximum Gasteiger partial charge on any atom is 0.289 e. The fraction of sp³-hybridized carbons (Fsp3) is 0.312. The van der Waals surface area contributed by atoms with Crippen molar-refractivity contribution < 1.29 is 9.21 Å². The third kappa shape index (κ3) is 3.64. The lowest BCUT2D eigenvalue weighted by Gasteiger charge is -2.30. The number of carbonyl (C=O) groups excluding carboxylic acids is 1.